The van der Waals surface area contributed by atoms with Gasteiger partial charge in [0.05, 0.1) is 0 Å². The fraction of sp³-hybridized carbons (Fsp3) is 0.900. The van der Waals surface area contributed by atoms with Crippen molar-refractivity contribution in [2.24, 2.45) is 5.92 Å². The lowest BCUT2D eigenvalue weighted by Gasteiger charge is -2.23. The van der Waals surface area contributed by atoms with Gasteiger partial charge in [-0.3, -0.25) is 4.79 Å². The summed E-state index contributed by atoms with van der Waals surface area (Å²) in [5, 5.41) is 2.96. The van der Waals surface area contributed by atoms with Crippen LogP contribution in [0.15, 0.2) is 0 Å². The number of hydrogen-bond acceptors (Lipinski definition) is 2. The van der Waals surface area contributed by atoms with E-state index in [9.17, 15) is 4.79 Å². The first-order valence-corrected chi connectivity index (χ1v) is 4.83. The van der Waals surface area contributed by atoms with Crippen molar-refractivity contribution in [1.29, 1.82) is 0 Å². The van der Waals surface area contributed by atoms with Crippen LogP contribution in [0.3, 0.4) is 0 Å². The highest BCUT2D eigenvalue weighted by Crippen LogP contribution is 2.05. The summed E-state index contributed by atoms with van der Waals surface area (Å²) in [7, 11) is 4.05. The lowest BCUT2D eigenvalue weighted by atomic mass is 10.0. The van der Waals surface area contributed by atoms with Gasteiger partial charge in [0.25, 0.3) is 0 Å². The van der Waals surface area contributed by atoms with E-state index in [1.165, 1.54) is 0 Å². The third kappa shape index (κ3) is 7.78. The predicted molar refractivity (Wildman–Crippen MR) is 55.6 cm³/mol. The Hall–Kier alpha value is -0.570. The lowest BCUT2D eigenvalue weighted by molar-refractivity contribution is -0.119. The summed E-state index contributed by atoms with van der Waals surface area (Å²) in [6.45, 7) is 6.83. The van der Waals surface area contributed by atoms with Crippen molar-refractivity contribution in [2.75, 3.05) is 20.6 Å². The summed E-state index contributed by atoms with van der Waals surface area (Å²) in [5.41, 5.74) is 0. The Morgan fingerprint density at radius 2 is 1.92 bits per heavy atom. The first kappa shape index (κ1) is 12.4. The van der Waals surface area contributed by atoms with E-state index in [-0.39, 0.29) is 11.9 Å². The molecule has 78 valence electrons. The van der Waals surface area contributed by atoms with Crippen LogP contribution < -0.4 is 5.32 Å². The van der Waals surface area contributed by atoms with Crippen LogP contribution in [0.25, 0.3) is 0 Å². The molecule has 0 aromatic heterocycles. The van der Waals surface area contributed by atoms with Crippen molar-refractivity contribution < 1.29 is 4.79 Å². The highest BCUT2D eigenvalue weighted by atomic mass is 16.1. The minimum absolute atomic E-state index is 0.0625. The molecular formula is C10H22N2O. The first-order valence-electron chi connectivity index (χ1n) is 4.83. The molecule has 0 spiro atoms. The molecule has 0 aliphatic heterocycles. The maximum atomic E-state index is 10.9. The quantitative estimate of drug-likeness (QED) is 0.697. The van der Waals surface area contributed by atoms with Crippen molar-refractivity contribution in [2.45, 2.75) is 33.2 Å². The van der Waals surface area contributed by atoms with Gasteiger partial charge in [-0.1, -0.05) is 13.8 Å². The fourth-order valence-corrected chi connectivity index (χ4v) is 1.48. The largest absolute Gasteiger partial charge is 0.352 e. The van der Waals surface area contributed by atoms with Crippen molar-refractivity contribution in [3.63, 3.8) is 0 Å². The third-order valence-corrected chi connectivity index (χ3v) is 1.75. The van der Waals surface area contributed by atoms with Crippen LogP contribution in [0.2, 0.25) is 0 Å². The third-order valence-electron chi connectivity index (χ3n) is 1.75. The van der Waals surface area contributed by atoms with Gasteiger partial charge >= 0.3 is 0 Å². The summed E-state index contributed by atoms with van der Waals surface area (Å²) < 4.78 is 0. The van der Waals surface area contributed by atoms with Crippen LogP contribution >= 0.6 is 0 Å². The zero-order valence-electron chi connectivity index (χ0n) is 9.42. The van der Waals surface area contributed by atoms with Gasteiger partial charge in [0.1, 0.15) is 0 Å². The Bertz CT molecular complexity index is 145. The minimum Gasteiger partial charge on any atom is -0.352 e. The standard InChI is InChI=1S/C10H22N2O/c1-8(2)6-10(7-12(4)5)11-9(3)13/h8,10H,6-7H2,1-5H3,(H,11,13). The van der Waals surface area contributed by atoms with E-state index < -0.39 is 0 Å². The lowest BCUT2D eigenvalue weighted by Crippen LogP contribution is -2.41. The molecule has 0 aliphatic rings. The monoisotopic (exact) mass is 186 g/mol. The zero-order chi connectivity index (χ0) is 10.4. The molecule has 0 aromatic rings. The maximum Gasteiger partial charge on any atom is 0.217 e. The van der Waals surface area contributed by atoms with Gasteiger partial charge in [-0.25, -0.2) is 0 Å². The van der Waals surface area contributed by atoms with Crippen LogP contribution in [0.4, 0.5) is 0 Å². The van der Waals surface area contributed by atoms with E-state index in [4.69, 9.17) is 0 Å². The second-order valence-electron chi connectivity index (χ2n) is 4.29. The number of amides is 1. The van der Waals surface area contributed by atoms with Gasteiger partial charge in [-0.05, 0) is 26.4 Å². The molecule has 0 saturated heterocycles. The second-order valence-corrected chi connectivity index (χ2v) is 4.29. The molecule has 0 rings (SSSR count). The van der Waals surface area contributed by atoms with Crippen LogP contribution in [-0.2, 0) is 4.79 Å². The van der Waals surface area contributed by atoms with Gasteiger partial charge < -0.3 is 10.2 Å². The minimum atomic E-state index is 0.0625. The van der Waals surface area contributed by atoms with Crippen molar-refractivity contribution in [3.8, 4) is 0 Å². The number of hydrogen-bond donors (Lipinski definition) is 1. The molecule has 0 bridgehead atoms. The van der Waals surface area contributed by atoms with Gasteiger partial charge in [-0.15, -0.1) is 0 Å². The SMILES string of the molecule is CC(=O)NC(CC(C)C)CN(C)C. The number of nitrogens with one attached hydrogen (secondary N) is 1. The van der Waals surface area contributed by atoms with Crippen LogP contribution in [-0.4, -0.2) is 37.5 Å². The molecule has 0 radical (unpaired) electrons. The Labute approximate surface area is 81.5 Å². The van der Waals surface area contributed by atoms with Crippen molar-refractivity contribution in [1.82, 2.24) is 10.2 Å². The summed E-state index contributed by atoms with van der Waals surface area (Å²) >= 11 is 0. The molecule has 0 aliphatic carbocycles. The highest BCUT2D eigenvalue weighted by molar-refractivity contribution is 5.73. The topological polar surface area (TPSA) is 32.3 Å². The van der Waals surface area contributed by atoms with Gasteiger partial charge in [-0.2, -0.15) is 0 Å². The Morgan fingerprint density at radius 1 is 1.38 bits per heavy atom. The Morgan fingerprint density at radius 3 is 2.23 bits per heavy atom. The summed E-state index contributed by atoms with van der Waals surface area (Å²) in [6.07, 6.45) is 1.04. The van der Waals surface area contributed by atoms with Gasteiger partial charge in [0.15, 0.2) is 0 Å². The van der Waals surface area contributed by atoms with Crippen LogP contribution in [0.1, 0.15) is 27.2 Å². The molecule has 3 heteroatoms. The summed E-state index contributed by atoms with van der Waals surface area (Å²) in [5.74, 6) is 0.685. The molecule has 0 saturated carbocycles. The Balaban J connectivity index is 3.95. The fourth-order valence-electron chi connectivity index (χ4n) is 1.48. The van der Waals surface area contributed by atoms with Gasteiger partial charge in [0, 0.05) is 19.5 Å². The van der Waals surface area contributed by atoms with E-state index in [1.807, 2.05) is 14.1 Å². The zero-order valence-corrected chi connectivity index (χ0v) is 9.42. The van der Waals surface area contributed by atoms with E-state index in [1.54, 1.807) is 6.92 Å². The molecule has 1 N–H and O–H groups in total. The normalized spacial score (nSPS) is 13.5. The highest BCUT2D eigenvalue weighted by Gasteiger charge is 2.12. The maximum absolute atomic E-state index is 10.9. The van der Waals surface area contributed by atoms with E-state index in [2.05, 4.69) is 24.1 Å². The number of likely N-dealkylation sites (N-methyl/N-ethyl adjacent to an activating group) is 1. The molecule has 13 heavy (non-hydrogen) atoms. The van der Waals surface area contributed by atoms with E-state index >= 15 is 0 Å². The molecule has 3 nitrogen and oxygen atoms in total. The van der Waals surface area contributed by atoms with Gasteiger partial charge in [0.2, 0.25) is 5.91 Å². The number of carbonyl (C=O) groups is 1. The van der Waals surface area contributed by atoms with Crippen molar-refractivity contribution in [3.05, 3.63) is 0 Å². The molecule has 1 unspecified atom stereocenters. The summed E-state index contributed by atoms with van der Waals surface area (Å²) in [4.78, 5) is 13.0. The first-order chi connectivity index (χ1) is 5.91. The number of nitrogens with zero attached hydrogens (tertiary/aromatic N) is 1. The second kappa shape index (κ2) is 5.97. The average molecular weight is 186 g/mol. The van der Waals surface area contributed by atoms with Crippen LogP contribution in [0, 0.1) is 5.92 Å². The van der Waals surface area contributed by atoms with E-state index in [0.29, 0.717) is 5.92 Å². The molecule has 1 amide bonds. The Kier molecular flexibility index (Phi) is 5.71. The predicted octanol–water partition coefficient (Wildman–Crippen LogP) is 1.10. The smallest absolute Gasteiger partial charge is 0.217 e. The van der Waals surface area contributed by atoms with Crippen molar-refractivity contribution >= 4 is 5.91 Å². The molecule has 1 atom stereocenters. The molecule has 0 heterocycles. The molecule has 0 fully saturated rings. The molecular weight excluding hydrogens is 164 g/mol. The number of rotatable bonds is 5. The van der Waals surface area contributed by atoms with E-state index in [0.717, 1.165) is 13.0 Å². The molecule has 0 aromatic carbocycles. The van der Waals surface area contributed by atoms with Crippen LogP contribution in [0.5, 0.6) is 0 Å². The number of carbonyl (C=O) groups excluding carboxylic acids is 1. The average Bonchev–Trinajstić information content (AvgIpc) is 1.80. The summed E-state index contributed by atoms with van der Waals surface area (Å²) in [6, 6.07) is 0.285.